The third-order valence-corrected chi connectivity index (χ3v) is 4.25. The predicted octanol–water partition coefficient (Wildman–Crippen LogP) is 3.85. The Morgan fingerprint density at radius 2 is 1.87 bits per heavy atom. The maximum atomic E-state index is 11.7. The molecule has 0 aromatic carbocycles. The molecule has 3 N–H and O–H groups in total. The number of nitrogens with zero attached hydrogens (tertiary/aromatic N) is 1. The number of nitrogens with two attached hydrogens (primary N) is 1. The van der Waals surface area contributed by atoms with Crippen LogP contribution in [0.2, 0.25) is 0 Å². The normalized spacial score (nSPS) is 10.6. The van der Waals surface area contributed by atoms with Crippen LogP contribution >= 0.6 is 36.2 Å². The van der Waals surface area contributed by atoms with Gasteiger partial charge in [0.15, 0.2) is 0 Å². The third-order valence-electron chi connectivity index (χ3n) is 3.34. The van der Waals surface area contributed by atoms with E-state index in [4.69, 9.17) is 5.73 Å². The second-order valence-electron chi connectivity index (χ2n) is 6.43. The highest BCUT2D eigenvalue weighted by molar-refractivity contribution is 7.09. The summed E-state index contributed by atoms with van der Waals surface area (Å²) < 4.78 is 0. The van der Waals surface area contributed by atoms with Crippen LogP contribution in [0, 0.1) is 0 Å². The van der Waals surface area contributed by atoms with E-state index in [0.29, 0.717) is 13.0 Å². The summed E-state index contributed by atoms with van der Waals surface area (Å²) in [5.74, 6) is 0.148. The molecule has 0 atom stereocenters. The van der Waals surface area contributed by atoms with Crippen molar-refractivity contribution in [2.24, 2.45) is 5.73 Å². The first kappa shape index (κ1) is 24.9. The van der Waals surface area contributed by atoms with Gasteiger partial charge in [0.2, 0.25) is 5.91 Å². The van der Waals surface area contributed by atoms with E-state index >= 15 is 0 Å². The van der Waals surface area contributed by atoms with Gasteiger partial charge >= 0.3 is 0 Å². The second kappa shape index (κ2) is 13.0. The minimum atomic E-state index is 0. The van der Waals surface area contributed by atoms with Crippen molar-refractivity contribution in [2.45, 2.75) is 64.7 Å². The molecule has 0 bridgehead atoms. The van der Waals surface area contributed by atoms with Crippen LogP contribution in [0.4, 0.5) is 0 Å². The van der Waals surface area contributed by atoms with Crippen LogP contribution in [0.3, 0.4) is 0 Å². The molecule has 1 aromatic heterocycles. The Labute approximate surface area is 156 Å². The number of aromatic nitrogens is 1. The second-order valence-corrected chi connectivity index (χ2v) is 7.37. The van der Waals surface area contributed by atoms with Gasteiger partial charge in [0.05, 0.1) is 10.7 Å². The van der Waals surface area contributed by atoms with Crippen LogP contribution in [0.1, 0.15) is 63.6 Å². The molecule has 0 fully saturated rings. The van der Waals surface area contributed by atoms with E-state index < -0.39 is 0 Å². The van der Waals surface area contributed by atoms with Crippen molar-refractivity contribution in [1.29, 1.82) is 0 Å². The zero-order valence-corrected chi connectivity index (χ0v) is 16.8. The Balaban J connectivity index is 0. The van der Waals surface area contributed by atoms with Gasteiger partial charge in [0.1, 0.15) is 0 Å². The molecule has 0 radical (unpaired) electrons. The Morgan fingerprint density at radius 3 is 2.43 bits per heavy atom. The Hall–Kier alpha value is -0.360. The molecule has 0 spiro atoms. The van der Waals surface area contributed by atoms with E-state index in [1.807, 2.05) is 0 Å². The molecule has 4 nitrogen and oxygen atoms in total. The van der Waals surface area contributed by atoms with Crippen LogP contribution in [0.15, 0.2) is 5.38 Å². The first-order valence-electron chi connectivity index (χ1n) is 7.85. The molecule has 1 amide bonds. The minimum Gasteiger partial charge on any atom is -0.356 e. The van der Waals surface area contributed by atoms with Crippen molar-refractivity contribution in [2.75, 3.05) is 13.1 Å². The van der Waals surface area contributed by atoms with Gasteiger partial charge in [0, 0.05) is 30.2 Å². The van der Waals surface area contributed by atoms with Gasteiger partial charge < -0.3 is 11.1 Å². The fourth-order valence-corrected chi connectivity index (χ4v) is 2.98. The average molecular weight is 384 g/mol. The molecule has 1 rings (SSSR count). The minimum absolute atomic E-state index is 0. The van der Waals surface area contributed by atoms with Gasteiger partial charge in [0.25, 0.3) is 0 Å². The number of unbranched alkanes of at least 4 members (excludes halogenated alkanes) is 3. The molecule has 0 aliphatic heterocycles. The number of halogens is 2. The fraction of sp³-hybridized carbons (Fsp3) is 0.750. The summed E-state index contributed by atoms with van der Waals surface area (Å²) in [4.78, 5) is 16.3. The van der Waals surface area contributed by atoms with Crippen molar-refractivity contribution in [3.63, 3.8) is 0 Å². The number of thiazole rings is 1. The molecule has 1 aromatic rings. The van der Waals surface area contributed by atoms with E-state index in [1.165, 1.54) is 0 Å². The Kier molecular flexibility index (Phi) is 14.1. The number of nitrogens with one attached hydrogen (secondary N) is 1. The molecule has 0 aliphatic rings. The SMILES string of the molecule is CC(C)(C)c1csc(CCNC(=O)CCCCCCN)n1.Cl.Cl. The first-order valence-corrected chi connectivity index (χ1v) is 8.73. The van der Waals surface area contributed by atoms with Crippen molar-refractivity contribution in [3.8, 4) is 0 Å². The lowest BCUT2D eigenvalue weighted by Gasteiger charge is -2.14. The standard InChI is InChI=1S/C16H29N3OS.2ClH/c1-16(2,3)13-12-21-15(19-13)9-11-18-14(20)8-6-4-5-7-10-17;;/h12H,4-11,17H2,1-3H3,(H,18,20);2*1H. The summed E-state index contributed by atoms with van der Waals surface area (Å²) in [6, 6.07) is 0. The predicted molar refractivity (Wildman–Crippen MR) is 104 cm³/mol. The molecular weight excluding hydrogens is 353 g/mol. The number of hydrogen-bond donors (Lipinski definition) is 2. The maximum Gasteiger partial charge on any atom is 0.220 e. The van der Waals surface area contributed by atoms with Gasteiger partial charge in [-0.1, -0.05) is 33.6 Å². The number of carbonyl (C=O) groups is 1. The zero-order valence-electron chi connectivity index (χ0n) is 14.4. The number of carbonyl (C=O) groups excluding carboxylic acids is 1. The highest BCUT2D eigenvalue weighted by Gasteiger charge is 2.17. The van der Waals surface area contributed by atoms with Crippen molar-refractivity contribution in [1.82, 2.24) is 10.3 Å². The van der Waals surface area contributed by atoms with Crippen molar-refractivity contribution < 1.29 is 4.79 Å². The summed E-state index contributed by atoms with van der Waals surface area (Å²) in [7, 11) is 0. The van der Waals surface area contributed by atoms with E-state index in [9.17, 15) is 4.79 Å². The lowest BCUT2D eigenvalue weighted by Crippen LogP contribution is -2.25. The van der Waals surface area contributed by atoms with Crippen LogP contribution in [-0.4, -0.2) is 24.0 Å². The maximum absolute atomic E-state index is 11.7. The van der Waals surface area contributed by atoms with Crippen LogP contribution in [0.25, 0.3) is 0 Å². The van der Waals surface area contributed by atoms with E-state index in [2.05, 4.69) is 36.5 Å². The van der Waals surface area contributed by atoms with Gasteiger partial charge in [-0.25, -0.2) is 4.98 Å². The van der Waals surface area contributed by atoms with Gasteiger partial charge in [-0.2, -0.15) is 0 Å². The molecular formula is C16H31Cl2N3OS. The fourth-order valence-electron chi connectivity index (χ4n) is 1.95. The van der Waals surface area contributed by atoms with E-state index in [1.54, 1.807) is 11.3 Å². The van der Waals surface area contributed by atoms with Gasteiger partial charge in [-0.05, 0) is 19.4 Å². The van der Waals surface area contributed by atoms with Crippen LogP contribution < -0.4 is 11.1 Å². The van der Waals surface area contributed by atoms with Crippen LogP contribution in [-0.2, 0) is 16.6 Å². The highest BCUT2D eigenvalue weighted by Crippen LogP contribution is 2.23. The number of amides is 1. The highest BCUT2D eigenvalue weighted by atomic mass is 35.5. The van der Waals surface area contributed by atoms with Crippen molar-refractivity contribution in [3.05, 3.63) is 16.1 Å². The van der Waals surface area contributed by atoms with Gasteiger partial charge in [-0.3, -0.25) is 4.79 Å². The molecule has 136 valence electrons. The third kappa shape index (κ3) is 10.9. The number of hydrogen-bond acceptors (Lipinski definition) is 4. The molecule has 0 unspecified atom stereocenters. The molecule has 0 aliphatic carbocycles. The molecule has 23 heavy (non-hydrogen) atoms. The summed E-state index contributed by atoms with van der Waals surface area (Å²) in [6.45, 7) is 7.92. The van der Waals surface area contributed by atoms with E-state index in [0.717, 1.165) is 49.4 Å². The topological polar surface area (TPSA) is 68.0 Å². The zero-order chi connectivity index (χ0) is 15.7. The summed E-state index contributed by atoms with van der Waals surface area (Å²) >= 11 is 1.68. The van der Waals surface area contributed by atoms with Crippen LogP contribution in [0.5, 0.6) is 0 Å². The average Bonchev–Trinajstić information content (AvgIpc) is 2.87. The molecule has 7 heteroatoms. The number of rotatable bonds is 9. The summed E-state index contributed by atoms with van der Waals surface area (Å²) in [5, 5.41) is 6.19. The smallest absolute Gasteiger partial charge is 0.220 e. The Morgan fingerprint density at radius 1 is 1.22 bits per heavy atom. The summed E-state index contributed by atoms with van der Waals surface area (Å²) in [6.07, 6.45) is 5.67. The largest absolute Gasteiger partial charge is 0.356 e. The molecule has 0 saturated carbocycles. The molecule has 1 heterocycles. The van der Waals surface area contributed by atoms with E-state index in [-0.39, 0.29) is 36.1 Å². The Bertz CT molecular complexity index is 433. The molecule has 0 saturated heterocycles. The van der Waals surface area contributed by atoms with Crippen molar-refractivity contribution >= 4 is 42.1 Å². The first-order chi connectivity index (χ1) is 9.93. The van der Waals surface area contributed by atoms with Gasteiger partial charge in [-0.15, -0.1) is 36.2 Å². The quantitative estimate of drug-likeness (QED) is 0.636. The summed E-state index contributed by atoms with van der Waals surface area (Å²) in [5.41, 5.74) is 6.67. The lowest BCUT2D eigenvalue weighted by molar-refractivity contribution is -0.121. The lowest BCUT2D eigenvalue weighted by atomic mass is 9.93. The monoisotopic (exact) mass is 383 g/mol.